The van der Waals surface area contributed by atoms with Crippen molar-refractivity contribution in [3.63, 3.8) is 0 Å². The van der Waals surface area contributed by atoms with Crippen LogP contribution in [0.1, 0.15) is 72.8 Å². The fourth-order valence-corrected chi connectivity index (χ4v) is 8.38. The van der Waals surface area contributed by atoms with Crippen molar-refractivity contribution in [1.29, 1.82) is 0 Å². The number of nitrogens with one attached hydrogen (secondary N) is 1. The predicted octanol–water partition coefficient (Wildman–Crippen LogP) is 7.44. The fourth-order valence-electron chi connectivity index (χ4n) is 8.26. The van der Waals surface area contributed by atoms with E-state index >= 15 is 0 Å². The molecule has 4 aromatic rings. The zero-order valence-electron chi connectivity index (χ0n) is 31.6. The van der Waals surface area contributed by atoms with Crippen LogP contribution in [-0.2, 0) is 37.8 Å². The van der Waals surface area contributed by atoms with Gasteiger partial charge in [-0.3, -0.25) is 9.59 Å². The van der Waals surface area contributed by atoms with Gasteiger partial charge in [-0.25, -0.2) is 0 Å². The van der Waals surface area contributed by atoms with Gasteiger partial charge in [-0.05, 0) is 71.2 Å². The molecule has 4 aromatic carbocycles. The van der Waals surface area contributed by atoms with Gasteiger partial charge in [-0.15, -0.1) is 0 Å². The molecular weight excluding hydrogens is 759 g/mol. The summed E-state index contributed by atoms with van der Waals surface area (Å²) in [7, 11) is 0. The molecule has 302 valence electrons. The number of nitrogens with zero attached hydrogens (tertiary/aromatic N) is 2. The van der Waals surface area contributed by atoms with E-state index in [-0.39, 0.29) is 44.2 Å². The van der Waals surface area contributed by atoms with E-state index in [9.17, 15) is 33.0 Å². The molecule has 0 spiro atoms. The third kappa shape index (κ3) is 9.22. The predicted molar refractivity (Wildman–Crippen MR) is 209 cm³/mol. The highest BCUT2D eigenvalue weighted by Crippen LogP contribution is 2.43. The Morgan fingerprint density at radius 1 is 0.895 bits per heavy atom. The number of alkyl halides is 3. The van der Waals surface area contributed by atoms with Gasteiger partial charge in [0.1, 0.15) is 6.04 Å². The van der Waals surface area contributed by atoms with Crippen LogP contribution >= 0.6 is 11.6 Å². The van der Waals surface area contributed by atoms with E-state index < -0.39 is 35.9 Å². The molecule has 0 aliphatic carbocycles. The molecule has 57 heavy (non-hydrogen) atoms. The van der Waals surface area contributed by atoms with E-state index in [4.69, 9.17) is 21.1 Å². The van der Waals surface area contributed by atoms with Crippen molar-refractivity contribution in [3.05, 3.63) is 130 Å². The van der Waals surface area contributed by atoms with Crippen LogP contribution in [0.15, 0.2) is 97.1 Å². The van der Waals surface area contributed by atoms with Gasteiger partial charge in [0.2, 0.25) is 5.91 Å². The van der Waals surface area contributed by atoms with Crippen molar-refractivity contribution in [2.45, 2.75) is 82.1 Å². The van der Waals surface area contributed by atoms with E-state index in [0.717, 1.165) is 38.9 Å². The normalized spacial score (nSPS) is 24.0. The largest absolute Gasteiger partial charge is 0.471 e. The average Bonchev–Trinajstić information content (AvgIpc) is 3.71. The minimum atomic E-state index is -5.04. The van der Waals surface area contributed by atoms with Gasteiger partial charge in [0.15, 0.2) is 6.29 Å². The van der Waals surface area contributed by atoms with Crippen LogP contribution in [0.2, 0.25) is 5.02 Å². The number of aliphatic hydroxyl groups excluding tert-OH is 1. The summed E-state index contributed by atoms with van der Waals surface area (Å²) in [5.74, 6) is -2.64. The number of likely N-dealkylation sites (tertiary alicyclic amines) is 2. The van der Waals surface area contributed by atoms with Crippen molar-refractivity contribution in [2.75, 3.05) is 26.2 Å². The molecule has 13 heteroatoms. The molecule has 3 aliphatic rings. The van der Waals surface area contributed by atoms with Crippen molar-refractivity contribution in [2.24, 2.45) is 5.92 Å². The van der Waals surface area contributed by atoms with Gasteiger partial charge in [-0.2, -0.15) is 13.2 Å². The second-order valence-electron chi connectivity index (χ2n) is 15.3. The minimum Gasteiger partial charge on any atom is -0.392 e. The number of ether oxygens (including phenoxy) is 2. The molecule has 3 saturated heterocycles. The smallest absolute Gasteiger partial charge is 0.392 e. The number of carbonyl (C=O) groups is 2. The first kappa shape index (κ1) is 40.9. The minimum absolute atomic E-state index is 0.0254. The van der Waals surface area contributed by atoms with E-state index in [0.29, 0.717) is 48.8 Å². The number of benzene rings is 4. The lowest BCUT2D eigenvalue weighted by molar-refractivity contribution is -0.277. The van der Waals surface area contributed by atoms with E-state index in [1.54, 1.807) is 12.1 Å². The zero-order chi connectivity index (χ0) is 40.3. The number of piperidine rings is 1. The number of aliphatic hydroxyl groups is 2. The van der Waals surface area contributed by atoms with Gasteiger partial charge in [0, 0.05) is 49.2 Å². The lowest BCUT2D eigenvalue weighted by Crippen LogP contribution is -2.50. The summed E-state index contributed by atoms with van der Waals surface area (Å²) in [6, 6.07) is 29.2. The maximum Gasteiger partial charge on any atom is 0.471 e. The van der Waals surface area contributed by atoms with Gasteiger partial charge >= 0.3 is 12.1 Å². The molecule has 0 radical (unpaired) electrons. The van der Waals surface area contributed by atoms with Crippen molar-refractivity contribution in [1.82, 2.24) is 15.1 Å². The highest BCUT2D eigenvalue weighted by molar-refractivity contribution is 6.30. The molecule has 5 atom stereocenters. The molecule has 5 unspecified atom stereocenters. The Bertz CT molecular complexity index is 2010. The van der Waals surface area contributed by atoms with Crippen LogP contribution in [-0.4, -0.2) is 76.3 Å². The number of rotatable bonds is 10. The summed E-state index contributed by atoms with van der Waals surface area (Å²) in [6.07, 6.45) is -4.61. The van der Waals surface area contributed by atoms with Gasteiger partial charge < -0.3 is 34.8 Å². The standard InChI is InChI=1S/C44H47ClF3N3O6/c1-28-38(26-50-23-20-43(55,21-24-50)34-16-18-35(45)19-17-34)56-41(57-39(28)31-10-8-29(27-52)9-11-31)32-14-12-30(13-15-32)36-6-3-2-5-33(36)25-49-40(53)37-7-4-22-51(37)42(54)44(46,47)48/h2-3,5-6,8-19,28,37-39,41,52,55H,4,7,20-27H2,1H3,(H,49,53). The van der Waals surface area contributed by atoms with Gasteiger partial charge in [0.05, 0.1) is 24.4 Å². The molecule has 7 rings (SSSR count). The van der Waals surface area contributed by atoms with E-state index in [1.165, 1.54) is 0 Å². The van der Waals surface area contributed by atoms with Crippen molar-refractivity contribution >= 4 is 23.4 Å². The number of carbonyl (C=O) groups excluding carboxylic acids is 2. The Morgan fingerprint density at radius 3 is 2.23 bits per heavy atom. The average molecular weight is 806 g/mol. The van der Waals surface area contributed by atoms with Gasteiger partial charge in [-0.1, -0.05) is 103 Å². The third-order valence-corrected chi connectivity index (χ3v) is 11.9. The summed E-state index contributed by atoms with van der Waals surface area (Å²) in [6.45, 7) is 4.04. The molecule has 3 aliphatic heterocycles. The van der Waals surface area contributed by atoms with Crippen LogP contribution in [0.5, 0.6) is 0 Å². The molecule has 9 nitrogen and oxygen atoms in total. The second-order valence-corrected chi connectivity index (χ2v) is 15.7. The molecule has 0 saturated carbocycles. The lowest BCUT2D eigenvalue weighted by Gasteiger charge is -2.45. The Morgan fingerprint density at radius 2 is 1.56 bits per heavy atom. The molecule has 0 bridgehead atoms. The number of hydrogen-bond acceptors (Lipinski definition) is 7. The SMILES string of the molecule is CC1C(CN2CCC(O)(c3ccc(Cl)cc3)CC2)OC(c2ccc(-c3ccccc3CNC(=O)C3CCCN3C(=O)C(F)(F)F)cc2)OC1c1ccc(CO)cc1. The Kier molecular flexibility index (Phi) is 12.4. The topological polar surface area (TPSA) is 112 Å². The maximum atomic E-state index is 13.2. The molecule has 3 heterocycles. The molecule has 0 aromatic heterocycles. The third-order valence-electron chi connectivity index (χ3n) is 11.6. The number of hydrogen-bond donors (Lipinski definition) is 3. The van der Waals surface area contributed by atoms with E-state index in [2.05, 4.69) is 17.1 Å². The molecule has 2 amide bonds. The first-order chi connectivity index (χ1) is 27.3. The monoisotopic (exact) mass is 805 g/mol. The first-order valence-corrected chi connectivity index (χ1v) is 19.8. The van der Waals surface area contributed by atoms with Crippen LogP contribution < -0.4 is 5.32 Å². The number of amides is 2. The van der Waals surface area contributed by atoms with E-state index in [1.807, 2.05) is 84.9 Å². The lowest BCUT2D eigenvalue weighted by atomic mass is 9.84. The summed E-state index contributed by atoms with van der Waals surface area (Å²) in [5, 5.41) is 24.5. The van der Waals surface area contributed by atoms with Crippen molar-refractivity contribution < 1.29 is 42.4 Å². The van der Waals surface area contributed by atoms with Gasteiger partial charge in [0.25, 0.3) is 0 Å². The summed E-state index contributed by atoms with van der Waals surface area (Å²) in [4.78, 5) is 27.9. The Hall–Kier alpha value is -4.30. The Labute approximate surface area is 335 Å². The summed E-state index contributed by atoms with van der Waals surface area (Å²) >= 11 is 6.10. The summed E-state index contributed by atoms with van der Waals surface area (Å²) < 4.78 is 52.9. The quantitative estimate of drug-likeness (QED) is 0.153. The molecule has 3 N–H and O–H groups in total. The van der Waals surface area contributed by atoms with Crippen molar-refractivity contribution in [3.8, 4) is 11.1 Å². The summed E-state index contributed by atoms with van der Waals surface area (Å²) in [5.41, 5.74) is 4.99. The van der Waals surface area contributed by atoms with Crippen LogP contribution in [0.4, 0.5) is 13.2 Å². The van der Waals surface area contributed by atoms with Crippen LogP contribution in [0, 0.1) is 5.92 Å². The fraction of sp³-hybridized carbons (Fsp3) is 0.409. The number of halogens is 4. The zero-order valence-corrected chi connectivity index (χ0v) is 32.4. The first-order valence-electron chi connectivity index (χ1n) is 19.4. The Balaban J connectivity index is 1.06. The second kappa shape index (κ2) is 17.3. The highest BCUT2D eigenvalue weighted by Gasteiger charge is 2.48. The highest BCUT2D eigenvalue weighted by atomic mass is 35.5. The molecule has 3 fully saturated rings. The maximum absolute atomic E-state index is 13.2. The van der Waals surface area contributed by atoms with Crippen LogP contribution in [0.25, 0.3) is 11.1 Å². The van der Waals surface area contributed by atoms with Crippen LogP contribution in [0.3, 0.4) is 0 Å². The molecular formula is C44H47ClF3N3O6.